The smallest absolute Gasteiger partial charge is 0.260 e. The number of pyridine rings is 1. The van der Waals surface area contributed by atoms with Gasteiger partial charge in [0, 0.05) is 30.2 Å². The lowest BCUT2D eigenvalue weighted by Gasteiger charge is -2.50. The fraction of sp³-hybridized carbons (Fsp3) is 0.583. The molecule has 2 fully saturated rings. The highest BCUT2D eigenvalue weighted by Crippen LogP contribution is 2.38. The van der Waals surface area contributed by atoms with Crippen LogP contribution >= 0.6 is 0 Å². The van der Waals surface area contributed by atoms with Gasteiger partial charge in [0.2, 0.25) is 10.0 Å². The van der Waals surface area contributed by atoms with E-state index in [4.69, 9.17) is 9.47 Å². The van der Waals surface area contributed by atoms with Crippen LogP contribution in [0.3, 0.4) is 0 Å². The molecule has 0 unspecified atom stereocenters. The summed E-state index contributed by atoms with van der Waals surface area (Å²) in [6, 6.07) is 7.08. The van der Waals surface area contributed by atoms with Gasteiger partial charge in [-0.25, -0.2) is 13.1 Å². The Morgan fingerprint density at radius 2 is 2.03 bits per heavy atom. The van der Waals surface area contributed by atoms with E-state index in [0.717, 1.165) is 28.4 Å². The van der Waals surface area contributed by atoms with Gasteiger partial charge in [0.1, 0.15) is 11.4 Å². The zero-order valence-corrected chi connectivity index (χ0v) is 20.9. The highest BCUT2D eigenvalue weighted by molar-refractivity contribution is 7.88. The summed E-state index contributed by atoms with van der Waals surface area (Å²) in [5.41, 5.74) is 0.880. The van der Waals surface area contributed by atoms with Crippen LogP contribution in [0.2, 0.25) is 0 Å². The second kappa shape index (κ2) is 9.07. The molecule has 0 bridgehead atoms. The average molecular weight is 492 g/mol. The summed E-state index contributed by atoms with van der Waals surface area (Å²) in [4.78, 5) is 19.2. The Morgan fingerprint density at radius 3 is 2.71 bits per heavy atom. The summed E-state index contributed by atoms with van der Waals surface area (Å²) in [6.45, 7) is 6.38. The molecule has 2 N–H and O–H groups in total. The van der Waals surface area contributed by atoms with Crippen molar-refractivity contribution in [2.45, 2.75) is 57.3 Å². The molecule has 1 aromatic carbocycles. The summed E-state index contributed by atoms with van der Waals surface area (Å²) >= 11 is 0. The third-order valence-electron chi connectivity index (χ3n) is 6.86. The number of hydrogen-bond donors (Lipinski definition) is 2. The molecule has 1 amide bonds. The number of rotatable bonds is 5. The number of amides is 1. The van der Waals surface area contributed by atoms with E-state index >= 15 is 0 Å². The second-order valence-corrected chi connectivity index (χ2v) is 11.7. The Labute approximate surface area is 200 Å². The van der Waals surface area contributed by atoms with Crippen molar-refractivity contribution in [3.63, 3.8) is 0 Å². The number of hydrogen-bond acceptors (Lipinski definition) is 7. The lowest BCUT2D eigenvalue weighted by molar-refractivity contribution is -0.191. The molecule has 4 rings (SSSR count). The minimum atomic E-state index is -3.48. The van der Waals surface area contributed by atoms with Crippen LogP contribution in [0.15, 0.2) is 24.3 Å². The molecule has 2 aliphatic rings. The van der Waals surface area contributed by atoms with Gasteiger partial charge in [0.15, 0.2) is 6.61 Å². The monoisotopic (exact) mass is 491 g/mol. The van der Waals surface area contributed by atoms with E-state index < -0.39 is 27.3 Å². The molecular formula is C24H33N3O6S. The number of sulfonamides is 1. The van der Waals surface area contributed by atoms with Gasteiger partial charge in [-0.05, 0) is 51.7 Å². The van der Waals surface area contributed by atoms with Gasteiger partial charge in [-0.2, -0.15) is 0 Å². The Bertz CT molecular complexity index is 1190. The molecule has 0 aliphatic carbocycles. The van der Waals surface area contributed by atoms with Crippen LogP contribution < -0.4 is 9.46 Å². The zero-order chi connectivity index (χ0) is 24.7. The number of carbonyl (C=O) groups excluding carboxylic acids is 1. The molecule has 2 aromatic rings. The highest BCUT2D eigenvalue weighted by Gasteiger charge is 2.49. The molecule has 0 saturated carbocycles. The highest BCUT2D eigenvalue weighted by atomic mass is 32.2. The van der Waals surface area contributed by atoms with Crippen LogP contribution in [-0.2, 0) is 19.6 Å². The number of ether oxygens (including phenoxy) is 2. The maximum Gasteiger partial charge on any atom is 0.260 e. The maximum atomic E-state index is 12.9. The van der Waals surface area contributed by atoms with Crippen LogP contribution in [0.1, 0.15) is 37.4 Å². The number of likely N-dealkylation sites (tertiary alicyclic amines) is 1. The van der Waals surface area contributed by atoms with Crippen molar-refractivity contribution in [2.24, 2.45) is 0 Å². The van der Waals surface area contributed by atoms with Gasteiger partial charge in [-0.1, -0.05) is 12.1 Å². The molecule has 1 spiro atoms. The van der Waals surface area contributed by atoms with Crippen molar-refractivity contribution in [1.82, 2.24) is 14.6 Å². The number of benzene rings is 1. The fourth-order valence-electron chi connectivity index (χ4n) is 4.82. The van der Waals surface area contributed by atoms with Crippen LogP contribution in [0.5, 0.6) is 5.75 Å². The van der Waals surface area contributed by atoms with Gasteiger partial charge in [-0.15, -0.1) is 0 Å². The minimum absolute atomic E-state index is 0.0329. The van der Waals surface area contributed by atoms with E-state index in [1.165, 1.54) is 0 Å². The molecule has 34 heavy (non-hydrogen) atoms. The van der Waals surface area contributed by atoms with E-state index in [1.54, 1.807) is 11.8 Å². The summed E-state index contributed by atoms with van der Waals surface area (Å²) in [5.74, 6) is 0.527. The number of piperidine rings is 1. The van der Waals surface area contributed by atoms with Gasteiger partial charge >= 0.3 is 0 Å². The molecule has 1 aromatic heterocycles. The van der Waals surface area contributed by atoms with Gasteiger partial charge in [0.25, 0.3) is 5.91 Å². The van der Waals surface area contributed by atoms with Crippen molar-refractivity contribution in [2.75, 3.05) is 32.6 Å². The summed E-state index contributed by atoms with van der Waals surface area (Å²) < 4.78 is 38.1. The van der Waals surface area contributed by atoms with Crippen molar-refractivity contribution in [3.8, 4) is 5.75 Å². The molecule has 9 nitrogen and oxygen atoms in total. The Kier molecular flexibility index (Phi) is 6.63. The normalized spacial score (nSPS) is 25.0. The summed E-state index contributed by atoms with van der Waals surface area (Å²) in [7, 11) is -3.48. The Hall–Kier alpha value is -2.27. The number of fused-ring (bicyclic) bond motifs is 1. The third-order valence-corrected chi connectivity index (χ3v) is 7.58. The first-order chi connectivity index (χ1) is 15.9. The number of para-hydroxylation sites is 1. The molecule has 2 aliphatic heterocycles. The molecule has 0 radical (unpaired) electrons. The van der Waals surface area contributed by atoms with Crippen molar-refractivity contribution >= 4 is 26.8 Å². The predicted molar refractivity (Wildman–Crippen MR) is 128 cm³/mol. The molecule has 2 atom stereocenters. The zero-order valence-electron chi connectivity index (χ0n) is 20.1. The molecule has 3 heterocycles. The van der Waals surface area contributed by atoms with E-state index in [1.807, 2.05) is 38.1 Å². The van der Waals surface area contributed by atoms with Crippen LogP contribution in [0.4, 0.5) is 0 Å². The quantitative estimate of drug-likeness (QED) is 0.653. The number of nitrogens with zero attached hydrogens (tertiary/aromatic N) is 2. The van der Waals surface area contributed by atoms with E-state index in [2.05, 4.69) is 9.71 Å². The topological polar surface area (TPSA) is 118 Å². The van der Waals surface area contributed by atoms with Gasteiger partial charge in [0.05, 0.1) is 30.0 Å². The van der Waals surface area contributed by atoms with E-state index in [-0.39, 0.29) is 19.1 Å². The number of carbonyl (C=O) groups is 1. The van der Waals surface area contributed by atoms with Crippen LogP contribution in [-0.4, -0.2) is 79.1 Å². The SMILES string of the molecule is Cc1cc(OCC(=O)N2CCC3(CC2)C[C@H](NS(C)(=O)=O)[C@@](C)(O)CO3)c2cccc(C)c2n1. The standard InChI is InChI=1S/C24H33N3O6S/c1-16-6-5-7-18-19(12-17(2)25-22(16)18)32-14-21(28)27-10-8-24(9-11-27)13-20(26-34(4,30)31)23(3,29)15-33-24/h5-7,12,20,26,29H,8-11,13-15H2,1-4H3/t20-,23-/m0/s1. The van der Waals surface area contributed by atoms with E-state index in [9.17, 15) is 18.3 Å². The average Bonchev–Trinajstić information content (AvgIpc) is 2.75. The predicted octanol–water partition coefficient (Wildman–Crippen LogP) is 1.68. The summed E-state index contributed by atoms with van der Waals surface area (Å²) in [5, 5.41) is 11.5. The first-order valence-electron chi connectivity index (χ1n) is 11.5. The molecular weight excluding hydrogens is 458 g/mol. The van der Waals surface area contributed by atoms with E-state index in [0.29, 0.717) is 38.1 Å². The number of aliphatic hydroxyl groups is 1. The molecule has 186 valence electrons. The Morgan fingerprint density at radius 1 is 1.32 bits per heavy atom. The second-order valence-electron chi connectivity index (χ2n) is 9.88. The molecule has 10 heteroatoms. The van der Waals surface area contributed by atoms with Crippen LogP contribution in [0.25, 0.3) is 10.9 Å². The molecule has 2 saturated heterocycles. The number of aryl methyl sites for hydroxylation is 2. The number of nitrogens with one attached hydrogen (secondary N) is 1. The van der Waals surface area contributed by atoms with Gasteiger partial charge < -0.3 is 19.5 Å². The largest absolute Gasteiger partial charge is 0.483 e. The lowest BCUT2D eigenvalue weighted by Crippen LogP contribution is -2.64. The minimum Gasteiger partial charge on any atom is -0.483 e. The fourth-order valence-corrected chi connectivity index (χ4v) is 5.68. The maximum absolute atomic E-state index is 12.9. The van der Waals surface area contributed by atoms with Gasteiger partial charge in [-0.3, -0.25) is 9.78 Å². The van der Waals surface area contributed by atoms with Crippen molar-refractivity contribution < 1.29 is 27.8 Å². The van der Waals surface area contributed by atoms with Crippen molar-refractivity contribution in [3.05, 3.63) is 35.5 Å². The number of aromatic nitrogens is 1. The van der Waals surface area contributed by atoms with Crippen molar-refractivity contribution in [1.29, 1.82) is 0 Å². The lowest BCUT2D eigenvalue weighted by atomic mass is 9.78. The first-order valence-corrected chi connectivity index (χ1v) is 13.4. The van der Waals surface area contributed by atoms with Crippen LogP contribution in [0, 0.1) is 13.8 Å². The summed E-state index contributed by atoms with van der Waals surface area (Å²) in [6.07, 6.45) is 2.56. The first kappa shape index (κ1) is 24.8. The third kappa shape index (κ3) is 5.35. The Balaban J connectivity index is 1.38.